The number of methoxy groups -OCH3 is 2. The second kappa shape index (κ2) is 9.13. The number of anilines is 1. The van der Waals surface area contributed by atoms with Gasteiger partial charge in [0.05, 0.1) is 26.0 Å². The lowest BCUT2D eigenvalue weighted by molar-refractivity contribution is 0.137. The monoisotopic (exact) mass is 404 g/mol. The lowest BCUT2D eigenvalue weighted by Crippen LogP contribution is -2.34. The fraction of sp³-hybridized carbons (Fsp3) is 0.333. The summed E-state index contributed by atoms with van der Waals surface area (Å²) in [6.07, 6.45) is 5.24. The fourth-order valence-electron chi connectivity index (χ4n) is 4.13. The minimum absolute atomic E-state index is 0.187. The molecule has 2 aromatic carbocycles. The molecule has 1 atom stereocenters. The molecule has 4 rings (SSSR count). The van der Waals surface area contributed by atoms with Crippen LogP contribution in [-0.2, 0) is 6.54 Å². The third-order valence-corrected chi connectivity index (χ3v) is 5.69. The van der Waals surface area contributed by atoms with Gasteiger partial charge >= 0.3 is 0 Å². The highest BCUT2D eigenvalue weighted by molar-refractivity contribution is 5.67. The van der Waals surface area contributed by atoms with Gasteiger partial charge in [-0.3, -0.25) is 4.90 Å². The van der Waals surface area contributed by atoms with Crippen molar-refractivity contribution in [1.29, 1.82) is 0 Å². The fourth-order valence-corrected chi connectivity index (χ4v) is 4.13. The Morgan fingerprint density at radius 1 is 1.03 bits per heavy atom. The quantitative estimate of drug-likeness (QED) is 0.653. The molecule has 1 unspecified atom stereocenters. The third kappa shape index (κ3) is 4.39. The Labute approximate surface area is 177 Å². The van der Waals surface area contributed by atoms with E-state index in [-0.39, 0.29) is 6.04 Å². The van der Waals surface area contributed by atoms with Gasteiger partial charge in [-0.05, 0) is 54.8 Å². The molecule has 30 heavy (non-hydrogen) atoms. The Kier molecular flexibility index (Phi) is 6.14. The average molecular weight is 405 g/mol. The summed E-state index contributed by atoms with van der Waals surface area (Å²) in [5.41, 5.74) is 10.3. The van der Waals surface area contributed by atoms with Crippen molar-refractivity contribution in [1.82, 2.24) is 14.9 Å². The van der Waals surface area contributed by atoms with Crippen molar-refractivity contribution in [2.24, 2.45) is 0 Å². The summed E-state index contributed by atoms with van der Waals surface area (Å²) >= 11 is 0. The molecule has 6 heteroatoms. The minimum atomic E-state index is 0.187. The number of rotatable bonds is 6. The van der Waals surface area contributed by atoms with Gasteiger partial charge in [0, 0.05) is 18.3 Å². The normalized spacial score (nSPS) is 16.9. The maximum atomic E-state index is 6.02. The molecule has 0 radical (unpaired) electrons. The van der Waals surface area contributed by atoms with Crippen molar-refractivity contribution < 1.29 is 9.47 Å². The molecule has 0 bridgehead atoms. The highest BCUT2D eigenvalue weighted by atomic mass is 16.5. The van der Waals surface area contributed by atoms with Crippen molar-refractivity contribution >= 4 is 5.95 Å². The summed E-state index contributed by atoms with van der Waals surface area (Å²) in [6, 6.07) is 16.5. The SMILES string of the molecule is COc1ccc(CN2CCCCC2c2nc(N)ncc2-c2cccc(OC)c2)cc1. The largest absolute Gasteiger partial charge is 0.497 e. The summed E-state index contributed by atoms with van der Waals surface area (Å²) in [5.74, 6) is 2.00. The zero-order chi connectivity index (χ0) is 20.9. The second-order valence-corrected chi connectivity index (χ2v) is 7.59. The van der Waals surface area contributed by atoms with E-state index in [0.717, 1.165) is 47.8 Å². The van der Waals surface area contributed by atoms with Crippen LogP contribution in [0.2, 0.25) is 0 Å². The molecule has 1 aliphatic rings. The van der Waals surface area contributed by atoms with E-state index in [1.165, 1.54) is 18.4 Å². The smallest absolute Gasteiger partial charge is 0.220 e. The zero-order valence-corrected chi connectivity index (χ0v) is 17.5. The Morgan fingerprint density at radius 2 is 1.83 bits per heavy atom. The van der Waals surface area contributed by atoms with Gasteiger partial charge < -0.3 is 15.2 Å². The predicted octanol–water partition coefficient (Wildman–Crippen LogP) is 4.47. The Morgan fingerprint density at radius 3 is 2.60 bits per heavy atom. The van der Waals surface area contributed by atoms with Gasteiger partial charge in [0.15, 0.2) is 0 Å². The molecule has 0 aliphatic carbocycles. The van der Waals surface area contributed by atoms with Crippen LogP contribution in [0.15, 0.2) is 54.7 Å². The summed E-state index contributed by atoms with van der Waals surface area (Å²) in [6.45, 7) is 1.88. The molecule has 1 fully saturated rings. The number of likely N-dealkylation sites (tertiary alicyclic amines) is 1. The highest BCUT2D eigenvalue weighted by Crippen LogP contribution is 2.37. The second-order valence-electron chi connectivity index (χ2n) is 7.59. The maximum absolute atomic E-state index is 6.02. The van der Waals surface area contributed by atoms with Gasteiger partial charge in [-0.1, -0.05) is 30.7 Å². The van der Waals surface area contributed by atoms with Gasteiger partial charge in [0.25, 0.3) is 0 Å². The maximum Gasteiger partial charge on any atom is 0.220 e. The van der Waals surface area contributed by atoms with E-state index in [1.54, 1.807) is 14.2 Å². The number of piperidine rings is 1. The first-order valence-electron chi connectivity index (χ1n) is 10.3. The van der Waals surface area contributed by atoms with E-state index >= 15 is 0 Å². The van der Waals surface area contributed by atoms with Gasteiger partial charge in [-0.25, -0.2) is 9.97 Å². The lowest BCUT2D eigenvalue weighted by atomic mass is 9.93. The number of hydrogen-bond acceptors (Lipinski definition) is 6. The van der Waals surface area contributed by atoms with Gasteiger partial charge in [0.2, 0.25) is 5.95 Å². The Hall–Kier alpha value is -3.12. The van der Waals surface area contributed by atoms with E-state index in [1.807, 2.05) is 36.5 Å². The summed E-state index contributed by atoms with van der Waals surface area (Å²) < 4.78 is 10.7. The topological polar surface area (TPSA) is 73.5 Å². The molecule has 1 aromatic heterocycles. The summed E-state index contributed by atoms with van der Waals surface area (Å²) in [4.78, 5) is 11.5. The highest BCUT2D eigenvalue weighted by Gasteiger charge is 2.28. The van der Waals surface area contributed by atoms with E-state index in [2.05, 4.69) is 28.1 Å². The molecule has 0 saturated carbocycles. The molecule has 156 valence electrons. The molecular formula is C24H28N4O2. The van der Waals surface area contributed by atoms with Crippen molar-refractivity contribution in [3.63, 3.8) is 0 Å². The van der Waals surface area contributed by atoms with Crippen LogP contribution < -0.4 is 15.2 Å². The zero-order valence-electron chi connectivity index (χ0n) is 17.5. The van der Waals surface area contributed by atoms with Crippen molar-refractivity contribution in [3.8, 4) is 22.6 Å². The summed E-state index contributed by atoms with van der Waals surface area (Å²) in [7, 11) is 3.37. The molecule has 1 aliphatic heterocycles. The van der Waals surface area contributed by atoms with Crippen LogP contribution in [0.1, 0.15) is 36.6 Å². The molecule has 2 N–H and O–H groups in total. The predicted molar refractivity (Wildman–Crippen MR) is 118 cm³/mol. The van der Waals surface area contributed by atoms with Crippen molar-refractivity contribution in [2.75, 3.05) is 26.5 Å². The lowest BCUT2D eigenvalue weighted by Gasteiger charge is -2.36. The minimum Gasteiger partial charge on any atom is -0.497 e. The van der Waals surface area contributed by atoms with Crippen molar-refractivity contribution in [3.05, 3.63) is 66.0 Å². The number of aromatic nitrogens is 2. The molecular weight excluding hydrogens is 376 g/mol. The Bertz CT molecular complexity index is 991. The Balaban J connectivity index is 1.68. The van der Waals surface area contributed by atoms with Crippen LogP contribution in [0.5, 0.6) is 11.5 Å². The van der Waals surface area contributed by atoms with E-state index in [9.17, 15) is 0 Å². The van der Waals surface area contributed by atoms with Gasteiger partial charge in [-0.15, -0.1) is 0 Å². The van der Waals surface area contributed by atoms with Crippen LogP contribution in [0, 0.1) is 0 Å². The molecule has 1 saturated heterocycles. The van der Waals surface area contributed by atoms with E-state index in [4.69, 9.17) is 20.2 Å². The molecule has 6 nitrogen and oxygen atoms in total. The first-order valence-corrected chi connectivity index (χ1v) is 10.3. The molecule has 2 heterocycles. The molecule has 0 spiro atoms. The first-order chi connectivity index (χ1) is 14.7. The van der Waals surface area contributed by atoms with Crippen LogP contribution in [-0.4, -0.2) is 35.6 Å². The number of ether oxygens (including phenoxy) is 2. The average Bonchev–Trinajstić information content (AvgIpc) is 2.80. The van der Waals surface area contributed by atoms with Gasteiger partial charge in [-0.2, -0.15) is 0 Å². The van der Waals surface area contributed by atoms with Crippen molar-refractivity contribution in [2.45, 2.75) is 31.8 Å². The standard InChI is InChI=1S/C24H28N4O2/c1-29-19-11-9-17(10-12-19)16-28-13-4-3-8-22(28)23-21(15-26-24(25)27-23)18-6-5-7-20(14-18)30-2/h5-7,9-12,14-15,22H,3-4,8,13,16H2,1-2H3,(H2,25,26,27). The number of nitrogens with two attached hydrogens (primary N) is 1. The molecule has 3 aromatic rings. The van der Waals surface area contributed by atoms with Crippen LogP contribution in [0.3, 0.4) is 0 Å². The first kappa shape index (κ1) is 20.2. The number of benzene rings is 2. The number of hydrogen-bond donors (Lipinski definition) is 1. The third-order valence-electron chi connectivity index (χ3n) is 5.69. The van der Waals surface area contributed by atoms with E-state index in [0.29, 0.717) is 5.95 Å². The van der Waals surface area contributed by atoms with Crippen LogP contribution in [0.4, 0.5) is 5.95 Å². The molecule has 0 amide bonds. The van der Waals surface area contributed by atoms with Gasteiger partial charge in [0.1, 0.15) is 11.5 Å². The number of nitrogen functional groups attached to an aromatic ring is 1. The van der Waals surface area contributed by atoms with Crippen LogP contribution in [0.25, 0.3) is 11.1 Å². The number of nitrogens with zero attached hydrogens (tertiary/aromatic N) is 3. The summed E-state index contributed by atoms with van der Waals surface area (Å²) in [5, 5.41) is 0. The van der Waals surface area contributed by atoms with Crippen LogP contribution >= 0.6 is 0 Å². The van der Waals surface area contributed by atoms with E-state index < -0.39 is 0 Å².